The maximum Gasteiger partial charge on any atom is 0.149 e. The number of nitrogens with zero attached hydrogens (tertiary/aromatic N) is 4. The van der Waals surface area contributed by atoms with Gasteiger partial charge in [-0.25, -0.2) is 0 Å². The van der Waals surface area contributed by atoms with Gasteiger partial charge in [-0.15, -0.1) is 10.2 Å². The molecule has 1 atom stereocenters. The highest BCUT2D eigenvalue weighted by molar-refractivity contribution is 6.31. The molecule has 5 nitrogen and oxygen atoms in total. The van der Waals surface area contributed by atoms with Crippen molar-refractivity contribution in [2.45, 2.75) is 19.5 Å². The first-order valence-electron chi connectivity index (χ1n) is 5.34. The van der Waals surface area contributed by atoms with Crippen molar-refractivity contribution in [1.29, 1.82) is 0 Å². The van der Waals surface area contributed by atoms with Crippen LogP contribution in [0.2, 0.25) is 5.02 Å². The minimum absolute atomic E-state index is 0.117. The molecule has 1 N–H and O–H groups in total. The number of rotatable bonds is 4. The summed E-state index contributed by atoms with van der Waals surface area (Å²) in [6, 6.07) is 2.02. The lowest BCUT2D eigenvalue weighted by molar-refractivity contribution is 0.528. The lowest BCUT2D eigenvalue weighted by Gasteiger charge is -2.13. The number of aromatic nitrogens is 4. The Balaban J connectivity index is 2.00. The molecule has 0 saturated carbocycles. The van der Waals surface area contributed by atoms with Gasteiger partial charge in [-0.2, -0.15) is 0 Å². The fraction of sp³-hybridized carbons (Fsp3) is 0.364. The Morgan fingerprint density at radius 1 is 1.53 bits per heavy atom. The van der Waals surface area contributed by atoms with Crippen molar-refractivity contribution in [1.82, 2.24) is 25.1 Å². The zero-order valence-corrected chi connectivity index (χ0v) is 10.5. The van der Waals surface area contributed by atoms with Crippen molar-refractivity contribution in [3.05, 3.63) is 41.2 Å². The van der Waals surface area contributed by atoms with E-state index in [1.54, 1.807) is 18.7 Å². The van der Waals surface area contributed by atoms with E-state index in [-0.39, 0.29) is 6.04 Å². The molecular formula is C11H14ClN5. The molecule has 2 aromatic heterocycles. The van der Waals surface area contributed by atoms with E-state index >= 15 is 0 Å². The van der Waals surface area contributed by atoms with Crippen molar-refractivity contribution in [2.75, 3.05) is 0 Å². The second kappa shape index (κ2) is 5.25. The summed E-state index contributed by atoms with van der Waals surface area (Å²) >= 11 is 6.03. The standard InChI is InChI=1S/C11H14ClN5/c1-8(11-16-15-7-17(11)2)14-5-9-3-4-13-6-10(9)12/h3-4,6-8,14H,5H2,1-2H3. The van der Waals surface area contributed by atoms with Gasteiger partial charge in [0.15, 0.2) is 0 Å². The summed E-state index contributed by atoms with van der Waals surface area (Å²) in [6.07, 6.45) is 5.06. The van der Waals surface area contributed by atoms with Crippen LogP contribution in [0.1, 0.15) is 24.4 Å². The minimum Gasteiger partial charge on any atom is -0.319 e. The summed E-state index contributed by atoms with van der Waals surface area (Å²) < 4.78 is 1.89. The average molecular weight is 252 g/mol. The van der Waals surface area contributed by atoms with Gasteiger partial charge >= 0.3 is 0 Å². The molecular weight excluding hydrogens is 238 g/mol. The number of pyridine rings is 1. The minimum atomic E-state index is 0.117. The fourth-order valence-electron chi connectivity index (χ4n) is 1.59. The summed E-state index contributed by atoms with van der Waals surface area (Å²) in [7, 11) is 1.92. The summed E-state index contributed by atoms with van der Waals surface area (Å²) in [5.74, 6) is 0.898. The van der Waals surface area contributed by atoms with Crippen LogP contribution in [0, 0.1) is 0 Å². The van der Waals surface area contributed by atoms with Crippen LogP contribution in [0.3, 0.4) is 0 Å². The number of halogens is 1. The van der Waals surface area contributed by atoms with E-state index in [0.717, 1.165) is 11.4 Å². The molecule has 0 saturated heterocycles. The summed E-state index contributed by atoms with van der Waals surface area (Å²) in [4.78, 5) is 3.95. The highest BCUT2D eigenvalue weighted by atomic mass is 35.5. The van der Waals surface area contributed by atoms with Crippen molar-refractivity contribution in [2.24, 2.45) is 7.05 Å². The summed E-state index contributed by atoms with van der Waals surface area (Å²) in [5, 5.41) is 11.9. The molecule has 0 aliphatic heterocycles. The first-order valence-corrected chi connectivity index (χ1v) is 5.72. The van der Waals surface area contributed by atoms with Gasteiger partial charge in [0.25, 0.3) is 0 Å². The van der Waals surface area contributed by atoms with Crippen LogP contribution in [0.5, 0.6) is 0 Å². The van der Waals surface area contributed by atoms with E-state index < -0.39 is 0 Å². The topological polar surface area (TPSA) is 55.6 Å². The van der Waals surface area contributed by atoms with E-state index in [2.05, 4.69) is 20.5 Å². The smallest absolute Gasteiger partial charge is 0.149 e. The highest BCUT2D eigenvalue weighted by Gasteiger charge is 2.11. The van der Waals surface area contributed by atoms with E-state index in [9.17, 15) is 0 Å². The van der Waals surface area contributed by atoms with E-state index in [4.69, 9.17) is 11.6 Å². The van der Waals surface area contributed by atoms with Gasteiger partial charge in [-0.3, -0.25) is 4.98 Å². The first-order chi connectivity index (χ1) is 8.18. The second-order valence-corrected chi connectivity index (χ2v) is 4.28. The molecule has 90 valence electrons. The molecule has 0 spiro atoms. The Hall–Kier alpha value is -1.46. The van der Waals surface area contributed by atoms with E-state index in [1.807, 2.05) is 24.6 Å². The molecule has 17 heavy (non-hydrogen) atoms. The van der Waals surface area contributed by atoms with Gasteiger partial charge in [0.1, 0.15) is 12.2 Å². The predicted molar refractivity (Wildman–Crippen MR) is 65.5 cm³/mol. The van der Waals surface area contributed by atoms with E-state index in [1.165, 1.54) is 0 Å². The average Bonchev–Trinajstić information content (AvgIpc) is 2.74. The maximum absolute atomic E-state index is 6.03. The molecule has 2 aromatic rings. The van der Waals surface area contributed by atoms with Gasteiger partial charge in [-0.05, 0) is 18.6 Å². The van der Waals surface area contributed by atoms with Crippen LogP contribution in [0.25, 0.3) is 0 Å². The normalized spacial score (nSPS) is 12.6. The number of hydrogen-bond donors (Lipinski definition) is 1. The van der Waals surface area contributed by atoms with E-state index in [0.29, 0.717) is 11.6 Å². The van der Waals surface area contributed by atoms with Crippen molar-refractivity contribution >= 4 is 11.6 Å². The molecule has 0 radical (unpaired) electrons. The molecule has 0 aliphatic rings. The van der Waals surface area contributed by atoms with Gasteiger partial charge in [-0.1, -0.05) is 11.6 Å². The number of hydrogen-bond acceptors (Lipinski definition) is 4. The Bertz CT molecular complexity index is 496. The number of nitrogens with one attached hydrogen (secondary N) is 1. The first kappa shape index (κ1) is 12.0. The molecule has 0 aromatic carbocycles. The molecule has 0 aliphatic carbocycles. The quantitative estimate of drug-likeness (QED) is 0.899. The zero-order chi connectivity index (χ0) is 12.3. The highest BCUT2D eigenvalue weighted by Crippen LogP contribution is 2.15. The predicted octanol–water partition coefficient (Wildman–Crippen LogP) is 1.71. The van der Waals surface area contributed by atoms with Gasteiger partial charge in [0.2, 0.25) is 0 Å². The van der Waals surface area contributed by atoms with Gasteiger partial charge in [0, 0.05) is 26.0 Å². The molecule has 0 amide bonds. The van der Waals surface area contributed by atoms with Crippen molar-refractivity contribution in [3.63, 3.8) is 0 Å². The van der Waals surface area contributed by atoms with Crippen molar-refractivity contribution in [3.8, 4) is 0 Å². The van der Waals surface area contributed by atoms with Crippen LogP contribution in [0.4, 0.5) is 0 Å². The van der Waals surface area contributed by atoms with Crippen LogP contribution >= 0.6 is 11.6 Å². The van der Waals surface area contributed by atoms with Crippen molar-refractivity contribution < 1.29 is 0 Å². The molecule has 2 heterocycles. The molecule has 1 unspecified atom stereocenters. The van der Waals surface area contributed by atoms with Gasteiger partial charge in [0.05, 0.1) is 11.1 Å². The largest absolute Gasteiger partial charge is 0.319 e. The third kappa shape index (κ3) is 2.81. The third-order valence-corrected chi connectivity index (χ3v) is 2.93. The van der Waals surface area contributed by atoms with Gasteiger partial charge < -0.3 is 9.88 Å². The molecule has 2 rings (SSSR count). The molecule has 6 heteroatoms. The Morgan fingerprint density at radius 3 is 3.00 bits per heavy atom. The lowest BCUT2D eigenvalue weighted by atomic mass is 10.2. The van der Waals surface area contributed by atoms with Crippen LogP contribution in [0.15, 0.2) is 24.8 Å². The summed E-state index contributed by atoms with van der Waals surface area (Å²) in [5.41, 5.74) is 1.02. The zero-order valence-electron chi connectivity index (χ0n) is 9.76. The molecule has 0 fully saturated rings. The lowest BCUT2D eigenvalue weighted by Crippen LogP contribution is -2.21. The monoisotopic (exact) mass is 251 g/mol. The van der Waals surface area contributed by atoms with Crippen LogP contribution < -0.4 is 5.32 Å². The maximum atomic E-state index is 6.03. The Kier molecular flexibility index (Phi) is 3.71. The summed E-state index contributed by atoms with van der Waals surface area (Å²) in [6.45, 7) is 2.72. The third-order valence-electron chi connectivity index (χ3n) is 2.59. The fourth-order valence-corrected chi connectivity index (χ4v) is 1.77. The molecule has 0 bridgehead atoms. The van der Waals surface area contributed by atoms with Crippen LogP contribution in [-0.4, -0.2) is 19.7 Å². The SMILES string of the molecule is CC(NCc1ccncc1Cl)c1nncn1C. The van der Waals surface area contributed by atoms with Crippen LogP contribution in [-0.2, 0) is 13.6 Å². The Labute approximate surface area is 105 Å². The number of aryl methyl sites for hydroxylation is 1. The second-order valence-electron chi connectivity index (χ2n) is 3.87. The Morgan fingerprint density at radius 2 is 2.35 bits per heavy atom.